The van der Waals surface area contributed by atoms with Gasteiger partial charge in [0.15, 0.2) is 5.69 Å². The molecular formula is C22H32N8O. The average molecular weight is 425 g/mol. The summed E-state index contributed by atoms with van der Waals surface area (Å²) in [5, 5.41) is 6.73. The van der Waals surface area contributed by atoms with E-state index in [9.17, 15) is 4.79 Å². The molecule has 3 heterocycles. The lowest BCUT2D eigenvalue weighted by molar-refractivity contribution is 0.0996. The first-order valence-electron chi connectivity index (χ1n) is 11.0. The maximum Gasteiger partial charge on any atom is 0.269 e. The van der Waals surface area contributed by atoms with E-state index in [-0.39, 0.29) is 17.8 Å². The third-order valence-corrected chi connectivity index (χ3v) is 6.12. The number of nitrogens with zero attached hydrogens (tertiary/aromatic N) is 4. The monoisotopic (exact) mass is 424 g/mol. The molecule has 2 aromatic heterocycles. The Kier molecular flexibility index (Phi) is 6.53. The number of hydrogen-bond acceptors (Lipinski definition) is 8. The standard InChI is InChI=1S/C22H32N8O/c1-29-9-11-30(12-10-29)20-8-4-7-19(28-20)27-18-13-15(14-25-21(18)22(24)31)26-17-6-3-2-5-16(17)23/h4,7-8,13-14,16-17,26H,2-3,5-6,9-12,23H2,1H3,(H2,24,31)(H,27,28)/t16-,17+/m0/s1. The van der Waals surface area contributed by atoms with Crippen LogP contribution < -0.4 is 27.0 Å². The van der Waals surface area contributed by atoms with Crippen molar-refractivity contribution in [2.75, 3.05) is 48.8 Å². The van der Waals surface area contributed by atoms with E-state index < -0.39 is 5.91 Å². The second-order valence-electron chi connectivity index (χ2n) is 8.48. The van der Waals surface area contributed by atoms with E-state index in [0.717, 1.165) is 56.9 Å². The third-order valence-electron chi connectivity index (χ3n) is 6.12. The summed E-state index contributed by atoms with van der Waals surface area (Å²) in [6, 6.07) is 8.01. The molecule has 9 heteroatoms. The molecule has 1 amide bonds. The van der Waals surface area contributed by atoms with Crippen LogP contribution in [0.1, 0.15) is 36.2 Å². The number of hydrogen-bond donors (Lipinski definition) is 4. The molecule has 0 spiro atoms. The summed E-state index contributed by atoms with van der Waals surface area (Å²) < 4.78 is 0. The highest BCUT2D eigenvalue weighted by Crippen LogP contribution is 2.26. The number of carbonyl (C=O) groups excluding carboxylic acids is 1. The number of primary amides is 1. The number of aromatic nitrogens is 2. The highest BCUT2D eigenvalue weighted by Gasteiger charge is 2.22. The Morgan fingerprint density at radius 1 is 1.16 bits per heavy atom. The Morgan fingerprint density at radius 3 is 2.68 bits per heavy atom. The zero-order valence-electron chi connectivity index (χ0n) is 18.1. The van der Waals surface area contributed by atoms with Crippen LogP contribution in [0.5, 0.6) is 0 Å². The first-order chi connectivity index (χ1) is 15.0. The van der Waals surface area contributed by atoms with Crippen LogP contribution in [0.3, 0.4) is 0 Å². The Morgan fingerprint density at radius 2 is 1.94 bits per heavy atom. The SMILES string of the molecule is CN1CCN(c2cccc(Nc3cc(N[C@@H]4CCCC[C@@H]4N)cnc3C(N)=O)n2)CC1. The molecule has 4 rings (SSSR count). The van der Waals surface area contributed by atoms with E-state index in [4.69, 9.17) is 16.5 Å². The molecule has 1 saturated carbocycles. The van der Waals surface area contributed by atoms with Gasteiger partial charge < -0.3 is 31.9 Å². The topological polar surface area (TPSA) is 125 Å². The van der Waals surface area contributed by atoms with Crippen molar-refractivity contribution in [3.8, 4) is 0 Å². The van der Waals surface area contributed by atoms with Gasteiger partial charge in [0.2, 0.25) is 0 Å². The highest BCUT2D eigenvalue weighted by molar-refractivity contribution is 5.97. The summed E-state index contributed by atoms with van der Waals surface area (Å²) in [5.41, 5.74) is 13.4. The van der Waals surface area contributed by atoms with E-state index >= 15 is 0 Å². The van der Waals surface area contributed by atoms with E-state index in [1.54, 1.807) is 6.20 Å². The van der Waals surface area contributed by atoms with Gasteiger partial charge in [0.1, 0.15) is 11.6 Å². The van der Waals surface area contributed by atoms with Gasteiger partial charge in [-0.25, -0.2) is 9.97 Å². The van der Waals surface area contributed by atoms with E-state index in [2.05, 4.69) is 32.5 Å². The fraction of sp³-hybridized carbons (Fsp3) is 0.500. The van der Waals surface area contributed by atoms with Crippen molar-refractivity contribution < 1.29 is 4.79 Å². The predicted octanol–water partition coefficient (Wildman–Crippen LogP) is 1.75. The van der Waals surface area contributed by atoms with E-state index in [1.807, 2.05) is 24.3 Å². The number of anilines is 4. The molecule has 6 N–H and O–H groups in total. The van der Waals surface area contributed by atoms with E-state index in [1.165, 1.54) is 6.42 Å². The first-order valence-corrected chi connectivity index (χ1v) is 11.0. The minimum atomic E-state index is -0.585. The number of nitrogens with one attached hydrogen (secondary N) is 2. The second-order valence-corrected chi connectivity index (χ2v) is 8.48. The molecule has 0 unspecified atom stereocenters. The van der Waals surface area contributed by atoms with Crippen LogP contribution in [0.15, 0.2) is 30.5 Å². The number of nitrogens with two attached hydrogens (primary N) is 2. The predicted molar refractivity (Wildman–Crippen MR) is 124 cm³/mol. The van der Waals surface area contributed by atoms with Crippen LogP contribution in [0.4, 0.5) is 23.0 Å². The number of pyridine rings is 2. The number of piperazine rings is 1. The molecule has 2 aliphatic rings. The molecule has 1 aliphatic heterocycles. The van der Waals surface area contributed by atoms with Crippen molar-refractivity contribution in [3.05, 3.63) is 36.2 Å². The molecule has 1 saturated heterocycles. The fourth-order valence-corrected chi connectivity index (χ4v) is 4.23. The van der Waals surface area contributed by atoms with Crippen LogP contribution in [0, 0.1) is 0 Å². The quantitative estimate of drug-likeness (QED) is 0.553. The minimum absolute atomic E-state index is 0.114. The van der Waals surface area contributed by atoms with Crippen LogP contribution in [0.2, 0.25) is 0 Å². The first kappa shape index (κ1) is 21.3. The lowest BCUT2D eigenvalue weighted by Gasteiger charge is -2.33. The molecular weight excluding hydrogens is 392 g/mol. The molecule has 31 heavy (non-hydrogen) atoms. The Balaban J connectivity index is 1.54. The normalized spacial score (nSPS) is 22.2. The highest BCUT2D eigenvalue weighted by atomic mass is 16.1. The summed E-state index contributed by atoms with van der Waals surface area (Å²) in [6.07, 6.45) is 6.00. The molecule has 166 valence electrons. The van der Waals surface area contributed by atoms with Crippen molar-refractivity contribution in [3.63, 3.8) is 0 Å². The molecule has 9 nitrogen and oxygen atoms in total. The fourth-order valence-electron chi connectivity index (χ4n) is 4.23. The lowest BCUT2D eigenvalue weighted by atomic mass is 9.91. The molecule has 0 radical (unpaired) electrons. The van der Waals surface area contributed by atoms with Crippen molar-refractivity contribution in [1.29, 1.82) is 0 Å². The molecule has 2 aromatic rings. The summed E-state index contributed by atoms with van der Waals surface area (Å²) in [4.78, 5) is 25.6. The van der Waals surface area contributed by atoms with Crippen molar-refractivity contribution in [1.82, 2.24) is 14.9 Å². The smallest absolute Gasteiger partial charge is 0.269 e. The Labute approximate surface area is 183 Å². The van der Waals surface area contributed by atoms with Gasteiger partial charge in [-0.05, 0) is 38.1 Å². The summed E-state index contributed by atoms with van der Waals surface area (Å²) >= 11 is 0. The molecule has 2 fully saturated rings. The van der Waals surface area contributed by atoms with Gasteiger partial charge >= 0.3 is 0 Å². The maximum atomic E-state index is 12.0. The van der Waals surface area contributed by atoms with Gasteiger partial charge in [0.25, 0.3) is 5.91 Å². The summed E-state index contributed by atoms with van der Waals surface area (Å²) in [5.74, 6) is 0.972. The number of likely N-dealkylation sites (N-methyl/N-ethyl adjacent to an activating group) is 1. The molecule has 1 aliphatic carbocycles. The van der Waals surface area contributed by atoms with Crippen LogP contribution in [-0.4, -0.2) is 66.1 Å². The largest absolute Gasteiger partial charge is 0.379 e. The molecule has 0 aromatic carbocycles. The van der Waals surface area contributed by atoms with Gasteiger partial charge in [-0.15, -0.1) is 0 Å². The van der Waals surface area contributed by atoms with Crippen LogP contribution >= 0.6 is 0 Å². The zero-order valence-corrected chi connectivity index (χ0v) is 18.1. The lowest BCUT2D eigenvalue weighted by Crippen LogP contribution is -2.44. The van der Waals surface area contributed by atoms with Gasteiger partial charge in [-0.2, -0.15) is 0 Å². The van der Waals surface area contributed by atoms with Crippen molar-refractivity contribution in [2.24, 2.45) is 11.5 Å². The van der Waals surface area contributed by atoms with Gasteiger partial charge in [-0.1, -0.05) is 18.9 Å². The van der Waals surface area contributed by atoms with Gasteiger partial charge in [0.05, 0.1) is 17.6 Å². The molecule has 2 atom stereocenters. The molecule has 0 bridgehead atoms. The van der Waals surface area contributed by atoms with E-state index in [0.29, 0.717) is 11.5 Å². The summed E-state index contributed by atoms with van der Waals surface area (Å²) in [6.45, 7) is 3.88. The maximum absolute atomic E-state index is 12.0. The Bertz CT molecular complexity index is 912. The zero-order chi connectivity index (χ0) is 21.8. The van der Waals surface area contributed by atoms with Gasteiger partial charge in [-0.3, -0.25) is 4.79 Å². The minimum Gasteiger partial charge on any atom is -0.379 e. The van der Waals surface area contributed by atoms with Gasteiger partial charge in [0, 0.05) is 38.3 Å². The summed E-state index contributed by atoms with van der Waals surface area (Å²) in [7, 11) is 2.13. The third kappa shape index (κ3) is 5.23. The van der Waals surface area contributed by atoms with Crippen LogP contribution in [-0.2, 0) is 0 Å². The average Bonchev–Trinajstić information content (AvgIpc) is 2.76. The van der Waals surface area contributed by atoms with Crippen LogP contribution in [0.25, 0.3) is 0 Å². The van der Waals surface area contributed by atoms with Crippen molar-refractivity contribution >= 4 is 28.9 Å². The Hall–Kier alpha value is -2.91. The van der Waals surface area contributed by atoms with Crippen molar-refractivity contribution in [2.45, 2.75) is 37.8 Å². The second kappa shape index (κ2) is 9.49. The number of amides is 1. The number of rotatable bonds is 6. The number of carbonyl (C=O) groups is 1.